The first-order valence-electron chi connectivity index (χ1n) is 6.99. The van der Waals surface area contributed by atoms with Crippen molar-refractivity contribution in [1.29, 1.82) is 0 Å². The fourth-order valence-electron chi connectivity index (χ4n) is 1.25. The van der Waals surface area contributed by atoms with Gasteiger partial charge >= 0.3 is 17.9 Å². The van der Waals surface area contributed by atoms with E-state index in [9.17, 15) is 14.4 Å². The molecule has 0 radical (unpaired) electrons. The Morgan fingerprint density at radius 3 is 2.00 bits per heavy atom. The molecule has 7 nitrogen and oxygen atoms in total. The summed E-state index contributed by atoms with van der Waals surface area (Å²) in [5.74, 6) is -1.45. The number of ether oxygens (including phenoxy) is 4. The summed E-state index contributed by atoms with van der Waals surface area (Å²) in [5, 5.41) is 0. The summed E-state index contributed by atoms with van der Waals surface area (Å²) in [5.41, 5.74) is -0.566. The summed E-state index contributed by atoms with van der Waals surface area (Å²) in [7, 11) is 0. The molecule has 0 N–H and O–H groups in total. The van der Waals surface area contributed by atoms with Crippen LogP contribution in [0.15, 0.2) is 12.7 Å². The van der Waals surface area contributed by atoms with Crippen molar-refractivity contribution in [3.05, 3.63) is 12.7 Å². The molecule has 0 rings (SSSR count). The van der Waals surface area contributed by atoms with Crippen molar-refractivity contribution in [3.8, 4) is 0 Å². The summed E-state index contributed by atoms with van der Waals surface area (Å²) in [4.78, 5) is 33.5. The van der Waals surface area contributed by atoms with Gasteiger partial charge in [-0.1, -0.05) is 6.58 Å². The summed E-state index contributed by atoms with van der Waals surface area (Å²) in [6.07, 6.45) is 1.01. The molecule has 0 aromatic carbocycles. The molecular weight excluding hydrogens is 292 g/mol. The van der Waals surface area contributed by atoms with Crippen molar-refractivity contribution >= 4 is 17.9 Å². The standard InChI is InChI=1S/C15H24O7/c1-5-12(16)20-10-8-19-9-11-21-13(17)6-7-14(18)22-15(2,3)4/h5H,1,6-11H2,2-4H3. The monoisotopic (exact) mass is 316 g/mol. The first-order chi connectivity index (χ1) is 10.2. The minimum atomic E-state index is -0.566. The molecule has 7 heteroatoms. The number of carbonyl (C=O) groups is 3. The summed E-state index contributed by atoms with van der Waals surface area (Å²) in [6, 6.07) is 0. The van der Waals surface area contributed by atoms with Gasteiger partial charge in [-0.15, -0.1) is 0 Å². The van der Waals surface area contributed by atoms with Crippen LogP contribution in [0.4, 0.5) is 0 Å². The van der Waals surface area contributed by atoms with Crippen molar-refractivity contribution in [3.63, 3.8) is 0 Å². The van der Waals surface area contributed by atoms with E-state index in [2.05, 4.69) is 11.3 Å². The highest BCUT2D eigenvalue weighted by molar-refractivity contribution is 5.81. The first-order valence-corrected chi connectivity index (χ1v) is 6.99. The van der Waals surface area contributed by atoms with Gasteiger partial charge in [-0.05, 0) is 20.8 Å². The van der Waals surface area contributed by atoms with E-state index in [1.165, 1.54) is 0 Å². The minimum Gasteiger partial charge on any atom is -0.463 e. The van der Waals surface area contributed by atoms with Gasteiger partial charge in [-0.2, -0.15) is 0 Å². The fraction of sp³-hybridized carbons (Fsp3) is 0.667. The Morgan fingerprint density at radius 2 is 1.45 bits per heavy atom. The maximum atomic E-state index is 11.4. The predicted octanol–water partition coefficient (Wildman–Crippen LogP) is 1.40. The van der Waals surface area contributed by atoms with Crippen LogP contribution in [0.1, 0.15) is 33.6 Å². The Morgan fingerprint density at radius 1 is 0.909 bits per heavy atom. The molecule has 0 saturated heterocycles. The van der Waals surface area contributed by atoms with E-state index in [1.807, 2.05) is 0 Å². The number of esters is 3. The van der Waals surface area contributed by atoms with Gasteiger partial charge in [0.25, 0.3) is 0 Å². The third kappa shape index (κ3) is 13.1. The van der Waals surface area contributed by atoms with E-state index >= 15 is 0 Å². The van der Waals surface area contributed by atoms with E-state index < -0.39 is 23.5 Å². The van der Waals surface area contributed by atoms with E-state index in [-0.39, 0.29) is 39.3 Å². The summed E-state index contributed by atoms with van der Waals surface area (Å²) in [6.45, 7) is 9.09. The van der Waals surface area contributed by atoms with Gasteiger partial charge in [0.15, 0.2) is 0 Å². The predicted molar refractivity (Wildman–Crippen MR) is 78.0 cm³/mol. The highest BCUT2D eigenvalue weighted by Crippen LogP contribution is 2.09. The second-order valence-electron chi connectivity index (χ2n) is 5.29. The van der Waals surface area contributed by atoms with Gasteiger partial charge < -0.3 is 18.9 Å². The number of hydrogen-bond acceptors (Lipinski definition) is 7. The molecule has 0 spiro atoms. The van der Waals surface area contributed by atoms with E-state index in [0.29, 0.717) is 0 Å². The molecule has 0 bridgehead atoms. The molecule has 0 heterocycles. The van der Waals surface area contributed by atoms with Gasteiger partial charge in [0.05, 0.1) is 26.1 Å². The van der Waals surface area contributed by atoms with Gasteiger partial charge in [0, 0.05) is 6.08 Å². The topological polar surface area (TPSA) is 88.1 Å². The molecule has 126 valence electrons. The molecule has 0 fully saturated rings. The van der Waals surface area contributed by atoms with Crippen LogP contribution >= 0.6 is 0 Å². The smallest absolute Gasteiger partial charge is 0.330 e. The molecule has 0 unspecified atom stereocenters. The highest BCUT2D eigenvalue weighted by atomic mass is 16.6. The van der Waals surface area contributed by atoms with Crippen LogP contribution in [-0.4, -0.2) is 49.9 Å². The van der Waals surface area contributed by atoms with Crippen LogP contribution < -0.4 is 0 Å². The van der Waals surface area contributed by atoms with Gasteiger partial charge in [-0.3, -0.25) is 9.59 Å². The van der Waals surface area contributed by atoms with Crippen LogP contribution in [0, 0.1) is 0 Å². The quantitative estimate of drug-likeness (QED) is 0.260. The van der Waals surface area contributed by atoms with Crippen molar-refractivity contribution in [1.82, 2.24) is 0 Å². The SMILES string of the molecule is C=CC(=O)OCCOCCOC(=O)CCC(=O)OC(C)(C)C. The molecule has 0 atom stereocenters. The zero-order valence-electron chi connectivity index (χ0n) is 13.4. The molecule has 0 aromatic heterocycles. The molecular formula is C15H24O7. The summed E-state index contributed by atoms with van der Waals surface area (Å²) >= 11 is 0. The maximum Gasteiger partial charge on any atom is 0.330 e. The Labute approximate surface area is 130 Å². The Balaban J connectivity index is 3.52. The minimum absolute atomic E-state index is 0.0194. The number of carbonyl (C=O) groups excluding carboxylic acids is 3. The molecule has 22 heavy (non-hydrogen) atoms. The van der Waals surface area contributed by atoms with Crippen LogP contribution in [-0.2, 0) is 33.3 Å². The lowest BCUT2D eigenvalue weighted by Crippen LogP contribution is -2.24. The van der Waals surface area contributed by atoms with Crippen LogP contribution in [0.2, 0.25) is 0 Å². The van der Waals surface area contributed by atoms with Gasteiger partial charge in [-0.25, -0.2) is 4.79 Å². The largest absolute Gasteiger partial charge is 0.463 e. The lowest BCUT2D eigenvalue weighted by Gasteiger charge is -2.19. The lowest BCUT2D eigenvalue weighted by atomic mass is 10.2. The van der Waals surface area contributed by atoms with Crippen molar-refractivity contribution < 1.29 is 33.3 Å². The number of rotatable bonds is 10. The molecule has 0 aliphatic rings. The second-order valence-corrected chi connectivity index (χ2v) is 5.29. The zero-order chi connectivity index (χ0) is 17.0. The van der Waals surface area contributed by atoms with Crippen molar-refractivity contribution in [2.75, 3.05) is 26.4 Å². The average molecular weight is 316 g/mol. The molecule has 0 amide bonds. The molecule has 0 aliphatic carbocycles. The maximum absolute atomic E-state index is 11.4. The normalized spacial score (nSPS) is 10.7. The van der Waals surface area contributed by atoms with Gasteiger partial charge in [0.1, 0.15) is 18.8 Å². The Hall–Kier alpha value is -1.89. The third-order valence-corrected chi connectivity index (χ3v) is 2.08. The van der Waals surface area contributed by atoms with Crippen molar-refractivity contribution in [2.24, 2.45) is 0 Å². The molecule has 0 aromatic rings. The molecule has 0 saturated carbocycles. The Bertz CT molecular complexity index is 382. The summed E-state index contributed by atoms with van der Waals surface area (Å²) < 4.78 is 19.7. The van der Waals surface area contributed by atoms with Crippen LogP contribution in [0.3, 0.4) is 0 Å². The fourth-order valence-corrected chi connectivity index (χ4v) is 1.25. The van der Waals surface area contributed by atoms with E-state index in [0.717, 1.165) is 6.08 Å². The number of hydrogen-bond donors (Lipinski definition) is 0. The van der Waals surface area contributed by atoms with Crippen LogP contribution in [0.25, 0.3) is 0 Å². The first kappa shape index (κ1) is 20.1. The van der Waals surface area contributed by atoms with E-state index in [1.54, 1.807) is 20.8 Å². The lowest BCUT2D eigenvalue weighted by molar-refractivity contribution is -0.158. The highest BCUT2D eigenvalue weighted by Gasteiger charge is 2.17. The van der Waals surface area contributed by atoms with Gasteiger partial charge in [0.2, 0.25) is 0 Å². The Kier molecular flexibility index (Phi) is 9.86. The van der Waals surface area contributed by atoms with Crippen LogP contribution in [0.5, 0.6) is 0 Å². The molecule has 0 aliphatic heterocycles. The average Bonchev–Trinajstić information content (AvgIpc) is 2.41. The van der Waals surface area contributed by atoms with Crippen molar-refractivity contribution in [2.45, 2.75) is 39.2 Å². The zero-order valence-corrected chi connectivity index (χ0v) is 13.4. The third-order valence-electron chi connectivity index (χ3n) is 2.08. The second kappa shape index (κ2) is 10.8. The van der Waals surface area contributed by atoms with E-state index in [4.69, 9.17) is 14.2 Å².